The molecule has 26 heavy (non-hydrogen) atoms. The van der Waals surface area contributed by atoms with Crippen LogP contribution < -0.4 is 9.47 Å². The van der Waals surface area contributed by atoms with Gasteiger partial charge in [0.1, 0.15) is 0 Å². The predicted octanol–water partition coefficient (Wildman–Crippen LogP) is 3.08. The van der Waals surface area contributed by atoms with Gasteiger partial charge in [0.05, 0.1) is 24.5 Å². The minimum Gasteiger partial charge on any atom is -0.490 e. The fourth-order valence-electron chi connectivity index (χ4n) is 3.32. The van der Waals surface area contributed by atoms with Crippen molar-refractivity contribution >= 4 is 11.9 Å². The van der Waals surface area contributed by atoms with Crippen LogP contribution in [0.15, 0.2) is 18.2 Å². The lowest BCUT2D eigenvalue weighted by molar-refractivity contribution is -0.147. The van der Waals surface area contributed by atoms with E-state index in [-0.39, 0.29) is 12.5 Å². The molecule has 1 aliphatic heterocycles. The van der Waals surface area contributed by atoms with Crippen molar-refractivity contribution in [3.63, 3.8) is 0 Å². The Morgan fingerprint density at radius 3 is 2.46 bits per heavy atom. The molecule has 0 spiro atoms. The van der Waals surface area contributed by atoms with E-state index in [0.29, 0.717) is 44.1 Å². The van der Waals surface area contributed by atoms with Crippen LogP contribution in [0.4, 0.5) is 0 Å². The number of likely N-dealkylation sites (tertiary alicyclic amines) is 1. The number of aliphatic carboxylic acids is 1. The summed E-state index contributed by atoms with van der Waals surface area (Å²) in [6.07, 6.45) is 1.34. The van der Waals surface area contributed by atoms with Gasteiger partial charge in [0.25, 0.3) is 0 Å². The number of amides is 1. The topological polar surface area (TPSA) is 76.1 Å². The summed E-state index contributed by atoms with van der Waals surface area (Å²) in [6.45, 7) is 9.45. The zero-order chi connectivity index (χ0) is 19.3. The van der Waals surface area contributed by atoms with Crippen molar-refractivity contribution in [1.29, 1.82) is 0 Å². The first-order chi connectivity index (χ1) is 12.3. The van der Waals surface area contributed by atoms with E-state index in [2.05, 4.69) is 0 Å². The van der Waals surface area contributed by atoms with Crippen LogP contribution in [-0.4, -0.2) is 48.2 Å². The summed E-state index contributed by atoms with van der Waals surface area (Å²) in [4.78, 5) is 26.1. The molecule has 0 radical (unpaired) electrons. The zero-order valence-corrected chi connectivity index (χ0v) is 16.1. The van der Waals surface area contributed by atoms with Gasteiger partial charge in [0, 0.05) is 13.1 Å². The Labute approximate surface area is 155 Å². The van der Waals surface area contributed by atoms with E-state index in [1.165, 1.54) is 0 Å². The molecule has 1 heterocycles. The van der Waals surface area contributed by atoms with Crippen molar-refractivity contribution in [1.82, 2.24) is 4.90 Å². The Morgan fingerprint density at radius 2 is 1.85 bits per heavy atom. The van der Waals surface area contributed by atoms with E-state index in [1.54, 1.807) is 4.90 Å². The van der Waals surface area contributed by atoms with Crippen molar-refractivity contribution in [2.45, 2.75) is 46.0 Å². The molecule has 2 rings (SSSR count). The summed E-state index contributed by atoms with van der Waals surface area (Å²) >= 11 is 0. The third kappa shape index (κ3) is 4.29. The number of carboxylic acid groups (broad SMARTS) is 1. The summed E-state index contributed by atoms with van der Waals surface area (Å²) in [6, 6.07) is 5.56. The maximum atomic E-state index is 13.1. The van der Waals surface area contributed by atoms with Gasteiger partial charge in [-0.3, -0.25) is 9.59 Å². The first kappa shape index (κ1) is 20.1. The fraction of sp³-hybridized carbons (Fsp3) is 0.600. The molecule has 1 atom stereocenters. The highest BCUT2D eigenvalue weighted by atomic mass is 16.5. The SMILES string of the molecule is CCOc1ccc(C(C)(C)C(=O)N2CCCC(C(=O)O)C2)cc1OCC. The van der Waals surface area contributed by atoms with Crippen molar-refractivity contribution in [2.24, 2.45) is 5.92 Å². The number of benzene rings is 1. The standard InChI is InChI=1S/C20H29NO5/c1-5-25-16-10-9-15(12-17(16)26-6-2)20(3,4)19(24)21-11-7-8-14(13-21)18(22)23/h9-10,12,14H,5-8,11,13H2,1-4H3,(H,22,23). The number of carbonyl (C=O) groups excluding carboxylic acids is 1. The number of carbonyl (C=O) groups is 2. The molecular formula is C20H29NO5. The number of hydrogen-bond donors (Lipinski definition) is 1. The summed E-state index contributed by atoms with van der Waals surface area (Å²) in [5.41, 5.74) is 0.0450. The molecule has 144 valence electrons. The van der Waals surface area contributed by atoms with Crippen LogP contribution in [0, 0.1) is 5.92 Å². The highest BCUT2D eigenvalue weighted by Crippen LogP contribution is 2.35. The average Bonchev–Trinajstić information content (AvgIpc) is 2.62. The van der Waals surface area contributed by atoms with E-state index in [1.807, 2.05) is 45.9 Å². The number of carboxylic acids is 1. The Balaban J connectivity index is 2.26. The maximum absolute atomic E-state index is 13.1. The second-order valence-corrected chi connectivity index (χ2v) is 7.08. The molecule has 1 aromatic rings. The zero-order valence-electron chi connectivity index (χ0n) is 16.1. The largest absolute Gasteiger partial charge is 0.490 e. The monoisotopic (exact) mass is 363 g/mol. The van der Waals surface area contributed by atoms with E-state index >= 15 is 0 Å². The lowest BCUT2D eigenvalue weighted by Gasteiger charge is -2.36. The molecule has 1 fully saturated rings. The van der Waals surface area contributed by atoms with Crippen LogP contribution in [0.2, 0.25) is 0 Å². The molecule has 1 amide bonds. The minimum absolute atomic E-state index is 0.0601. The van der Waals surface area contributed by atoms with Crippen LogP contribution in [0.25, 0.3) is 0 Å². The number of rotatable bonds is 7. The van der Waals surface area contributed by atoms with Gasteiger partial charge in [-0.05, 0) is 58.2 Å². The van der Waals surface area contributed by atoms with E-state index in [4.69, 9.17) is 9.47 Å². The molecule has 1 aliphatic rings. The molecule has 1 aromatic carbocycles. The molecule has 0 aliphatic carbocycles. The summed E-state index contributed by atoms with van der Waals surface area (Å²) < 4.78 is 11.3. The van der Waals surface area contributed by atoms with Crippen LogP contribution in [0.1, 0.15) is 46.1 Å². The van der Waals surface area contributed by atoms with E-state index < -0.39 is 17.3 Å². The molecule has 1 unspecified atom stereocenters. The molecule has 6 heteroatoms. The summed E-state index contributed by atoms with van der Waals surface area (Å²) in [7, 11) is 0. The summed E-state index contributed by atoms with van der Waals surface area (Å²) in [5.74, 6) is -0.0991. The van der Waals surface area contributed by atoms with Crippen molar-refractivity contribution in [2.75, 3.05) is 26.3 Å². The molecule has 0 saturated carbocycles. The Hall–Kier alpha value is -2.24. The molecule has 0 bridgehead atoms. The third-order valence-corrected chi connectivity index (χ3v) is 4.86. The van der Waals surface area contributed by atoms with Crippen molar-refractivity contribution < 1.29 is 24.2 Å². The summed E-state index contributed by atoms with van der Waals surface area (Å²) in [5, 5.41) is 9.27. The smallest absolute Gasteiger partial charge is 0.308 e. The normalized spacial score (nSPS) is 17.7. The molecule has 1 saturated heterocycles. The quantitative estimate of drug-likeness (QED) is 0.806. The first-order valence-corrected chi connectivity index (χ1v) is 9.23. The molecule has 1 N–H and O–H groups in total. The van der Waals surface area contributed by atoms with Gasteiger partial charge >= 0.3 is 5.97 Å². The van der Waals surface area contributed by atoms with Gasteiger partial charge in [-0.1, -0.05) is 6.07 Å². The third-order valence-electron chi connectivity index (χ3n) is 4.86. The highest BCUT2D eigenvalue weighted by molar-refractivity contribution is 5.88. The van der Waals surface area contributed by atoms with E-state index in [0.717, 1.165) is 5.56 Å². The van der Waals surface area contributed by atoms with Crippen LogP contribution >= 0.6 is 0 Å². The molecule has 0 aromatic heterocycles. The first-order valence-electron chi connectivity index (χ1n) is 9.23. The van der Waals surface area contributed by atoms with Gasteiger partial charge < -0.3 is 19.5 Å². The van der Waals surface area contributed by atoms with Crippen molar-refractivity contribution in [3.05, 3.63) is 23.8 Å². The molecular weight excluding hydrogens is 334 g/mol. The van der Waals surface area contributed by atoms with Crippen LogP contribution in [0.5, 0.6) is 11.5 Å². The van der Waals surface area contributed by atoms with Gasteiger partial charge in [0.15, 0.2) is 11.5 Å². The molecule has 6 nitrogen and oxygen atoms in total. The minimum atomic E-state index is -0.833. The lowest BCUT2D eigenvalue weighted by atomic mass is 9.82. The van der Waals surface area contributed by atoms with Gasteiger partial charge in [-0.25, -0.2) is 0 Å². The number of hydrogen-bond acceptors (Lipinski definition) is 4. The predicted molar refractivity (Wildman–Crippen MR) is 98.7 cm³/mol. The number of piperidine rings is 1. The highest BCUT2D eigenvalue weighted by Gasteiger charge is 2.37. The average molecular weight is 363 g/mol. The van der Waals surface area contributed by atoms with Crippen molar-refractivity contribution in [3.8, 4) is 11.5 Å². The number of nitrogens with zero attached hydrogens (tertiary/aromatic N) is 1. The Morgan fingerprint density at radius 1 is 1.19 bits per heavy atom. The Kier molecular flexibility index (Phi) is 6.51. The van der Waals surface area contributed by atoms with E-state index in [9.17, 15) is 14.7 Å². The van der Waals surface area contributed by atoms with Gasteiger partial charge in [0.2, 0.25) is 5.91 Å². The second-order valence-electron chi connectivity index (χ2n) is 7.08. The fourth-order valence-corrected chi connectivity index (χ4v) is 3.32. The van der Waals surface area contributed by atoms with Crippen LogP contribution in [-0.2, 0) is 15.0 Å². The lowest BCUT2D eigenvalue weighted by Crippen LogP contribution is -2.49. The second kappa shape index (κ2) is 8.43. The van der Waals surface area contributed by atoms with Gasteiger partial charge in [-0.15, -0.1) is 0 Å². The van der Waals surface area contributed by atoms with Crippen LogP contribution in [0.3, 0.4) is 0 Å². The Bertz CT molecular complexity index is 656. The van der Waals surface area contributed by atoms with Gasteiger partial charge in [-0.2, -0.15) is 0 Å². The number of ether oxygens (including phenoxy) is 2. The maximum Gasteiger partial charge on any atom is 0.308 e.